The van der Waals surface area contributed by atoms with Gasteiger partial charge in [0.05, 0.1) is 0 Å². The maximum Gasteiger partial charge on any atom is 0.454 e. The first-order valence-corrected chi connectivity index (χ1v) is 7.86. The van der Waals surface area contributed by atoms with E-state index in [4.69, 9.17) is 0 Å². The molecule has 40 heavy (non-hydrogen) atoms. The third-order valence-corrected chi connectivity index (χ3v) is 2.46. The minimum Gasteiger partial charge on any atom is -0.869 e. The molecule has 0 aromatic carbocycles. The van der Waals surface area contributed by atoms with Crippen LogP contribution in [-0.4, -0.2) is 54.4 Å². The van der Waals surface area contributed by atoms with Gasteiger partial charge in [-0.15, -0.1) is 0 Å². The van der Waals surface area contributed by atoms with E-state index in [0.29, 0.717) is 0 Å². The Morgan fingerprint density at radius 3 is 0.550 bits per heavy atom. The molecule has 0 rings (SSSR count). The van der Waals surface area contributed by atoms with E-state index >= 15 is 0 Å². The molecule has 0 aliphatic rings. The van der Waals surface area contributed by atoms with Crippen LogP contribution in [0.1, 0.15) is 0 Å². The van der Waals surface area contributed by atoms with Gasteiger partial charge >= 0.3 is 37.1 Å². The van der Waals surface area contributed by atoms with Gasteiger partial charge in [0, 0.05) is 17.4 Å². The van der Waals surface area contributed by atoms with E-state index < -0.39 is 89.9 Å². The average Bonchev–Trinajstić information content (AvgIpc) is 2.64. The molecule has 0 bridgehead atoms. The Bertz CT molecular complexity index is 834. The number of alkyl halides is 18. The van der Waals surface area contributed by atoms with E-state index in [-0.39, 0.29) is 17.4 Å². The largest absolute Gasteiger partial charge is 0.869 e. The van der Waals surface area contributed by atoms with Crippen molar-refractivity contribution in [2.45, 2.75) is 37.1 Å². The predicted octanol–water partition coefficient (Wildman–Crippen LogP) is 2.77. The monoisotopic (exact) mass is 673 g/mol. The maximum absolute atomic E-state index is 11.3. The van der Waals surface area contributed by atoms with Crippen molar-refractivity contribution < 1.29 is 126 Å². The Balaban J connectivity index is -0.000000240. The van der Waals surface area contributed by atoms with Crippen LogP contribution in [0.25, 0.3) is 0 Å². The fourth-order valence-electron chi connectivity index (χ4n) is 0.848. The van der Waals surface area contributed by atoms with Crippen molar-refractivity contribution in [2.24, 2.45) is 0 Å². The molecular formula is C15H3CrF18O6-3. The van der Waals surface area contributed by atoms with E-state index in [2.05, 4.69) is 0 Å². The van der Waals surface area contributed by atoms with Crippen LogP contribution >= 0.6 is 0 Å². The Kier molecular flexibility index (Phi) is 16.5. The van der Waals surface area contributed by atoms with Gasteiger partial charge in [-0.2, -0.15) is 79.0 Å². The second-order valence-corrected chi connectivity index (χ2v) is 5.61. The quantitative estimate of drug-likeness (QED) is 0.258. The van der Waals surface area contributed by atoms with Crippen LogP contribution in [-0.2, 0) is 31.7 Å². The van der Waals surface area contributed by atoms with Crippen molar-refractivity contribution in [3.8, 4) is 0 Å². The van der Waals surface area contributed by atoms with Crippen molar-refractivity contribution in [1.29, 1.82) is 0 Å². The maximum atomic E-state index is 11.3. The van der Waals surface area contributed by atoms with Gasteiger partial charge in [0.15, 0.2) is 0 Å². The summed E-state index contributed by atoms with van der Waals surface area (Å²) in [5.74, 6) is -16.9. The van der Waals surface area contributed by atoms with Crippen molar-refractivity contribution in [3.63, 3.8) is 0 Å². The predicted molar refractivity (Wildman–Crippen MR) is 75.6 cm³/mol. The number of allylic oxidation sites excluding steroid dienone is 6. The average molecular weight is 673 g/mol. The number of carbonyl (C=O) groups is 3. The van der Waals surface area contributed by atoms with Crippen LogP contribution in [0.2, 0.25) is 0 Å². The number of ketones is 3. The van der Waals surface area contributed by atoms with E-state index in [9.17, 15) is 109 Å². The number of rotatable bonds is 3. The fourth-order valence-corrected chi connectivity index (χ4v) is 0.848. The molecule has 0 aromatic rings. The van der Waals surface area contributed by atoms with Gasteiger partial charge in [0.25, 0.3) is 17.3 Å². The summed E-state index contributed by atoms with van der Waals surface area (Å²) in [5.41, 5.74) is 0. The van der Waals surface area contributed by atoms with Crippen molar-refractivity contribution in [2.75, 3.05) is 0 Å². The second-order valence-electron chi connectivity index (χ2n) is 5.61. The van der Waals surface area contributed by atoms with Gasteiger partial charge in [-0.1, -0.05) is 0 Å². The molecule has 0 aliphatic carbocycles. The summed E-state index contributed by atoms with van der Waals surface area (Å²) in [4.78, 5) is 29.5. The number of hydrogen-bond acceptors (Lipinski definition) is 6. The standard InChI is InChI=1S/3C5H2F6O2.Cr/c3*6-4(7,8)2(12)1-3(13)5(9,10)11;/h3*1,12H;/p-3/b3*2-1-;. The SMILES string of the molecule is O=C(/C=C(\[O-])C(F)(F)F)C(F)(F)F.O=C(/C=C(\[O-])C(F)(F)F)C(F)(F)F.O=C(/C=C(\[O-])C(F)(F)F)C(F)(F)F.[Cr]. The first-order chi connectivity index (χ1) is 16.6. The zero-order valence-corrected chi connectivity index (χ0v) is 18.7. The first kappa shape index (κ1) is 43.9. The molecule has 0 saturated carbocycles. The third kappa shape index (κ3) is 19.9. The van der Waals surface area contributed by atoms with Gasteiger partial charge in [0.1, 0.15) is 0 Å². The van der Waals surface area contributed by atoms with Crippen LogP contribution in [0.15, 0.2) is 35.5 Å². The molecule has 0 amide bonds. The molecule has 0 radical (unpaired) electrons. The summed E-state index contributed by atoms with van der Waals surface area (Å²) in [6.07, 6.45) is -35.8. The van der Waals surface area contributed by atoms with Crippen molar-refractivity contribution in [1.82, 2.24) is 0 Å². The fraction of sp³-hybridized carbons (Fsp3) is 0.400. The molecule has 0 atom stereocenters. The zero-order chi connectivity index (χ0) is 32.6. The molecule has 0 N–H and O–H groups in total. The number of carbonyl (C=O) groups excluding carboxylic acids is 3. The van der Waals surface area contributed by atoms with E-state index in [1.54, 1.807) is 0 Å². The van der Waals surface area contributed by atoms with Gasteiger partial charge in [-0.05, 0) is 35.5 Å². The third-order valence-electron chi connectivity index (χ3n) is 2.46. The minimum absolute atomic E-state index is 0. The van der Waals surface area contributed by atoms with Gasteiger partial charge in [-0.3, -0.25) is 14.4 Å². The molecule has 0 saturated heterocycles. The molecular weight excluding hydrogens is 670 g/mol. The van der Waals surface area contributed by atoms with E-state index in [1.165, 1.54) is 0 Å². The molecule has 6 nitrogen and oxygen atoms in total. The second kappa shape index (κ2) is 15.1. The smallest absolute Gasteiger partial charge is 0.454 e. The molecule has 0 spiro atoms. The number of hydrogen-bond donors (Lipinski definition) is 0. The summed E-state index contributed by atoms with van der Waals surface area (Å²) < 4.78 is 203. The zero-order valence-electron chi connectivity index (χ0n) is 17.4. The topological polar surface area (TPSA) is 120 Å². The summed E-state index contributed by atoms with van der Waals surface area (Å²) >= 11 is 0. The Hall–Kier alpha value is -3.10. The van der Waals surface area contributed by atoms with Gasteiger partial charge in [0.2, 0.25) is 0 Å². The van der Waals surface area contributed by atoms with Crippen LogP contribution in [0.3, 0.4) is 0 Å². The van der Waals surface area contributed by atoms with Crippen LogP contribution in [0.4, 0.5) is 79.0 Å². The summed E-state index contributed by atoms with van der Waals surface area (Å²) in [6.45, 7) is 0. The van der Waals surface area contributed by atoms with Crippen LogP contribution in [0, 0.1) is 0 Å². The van der Waals surface area contributed by atoms with E-state index in [1.807, 2.05) is 0 Å². The summed E-state index contributed by atoms with van der Waals surface area (Å²) in [7, 11) is 0. The van der Waals surface area contributed by atoms with E-state index in [0.717, 1.165) is 0 Å². The molecule has 0 aliphatic heterocycles. The van der Waals surface area contributed by atoms with Crippen molar-refractivity contribution >= 4 is 17.3 Å². The Labute approximate surface area is 217 Å². The van der Waals surface area contributed by atoms with Crippen LogP contribution < -0.4 is 15.3 Å². The first-order valence-electron chi connectivity index (χ1n) is 7.86. The molecule has 0 heterocycles. The molecule has 234 valence electrons. The number of halogens is 18. The molecule has 0 unspecified atom stereocenters. The normalized spacial score (nSPS) is 14.1. The van der Waals surface area contributed by atoms with Gasteiger partial charge < -0.3 is 15.3 Å². The van der Waals surface area contributed by atoms with Crippen molar-refractivity contribution in [3.05, 3.63) is 35.5 Å². The molecule has 25 heteroatoms. The van der Waals surface area contributed by atoms with Crippen LogP contribution in [0.5, 0.6) is 0 Å². The molecule has 0 fully saturated rings. The summed E-state index contributed by atoms with van der Waals surface area (Å²) in [5, 5.41) is 29.5. The summed E-state index contributed by atoms with van der Waals surface area (Å²) in [6, 6.07) is 0. The molecule has 0 aromatic heterocycles. The Morgan fingerprint density at radius 2 is 0.475 bits per heavy atom. The Morgan fingerprint density at radius 1 is 0.350 bits per heavy atom. The van der Waals surface area contributed by atoms with Gasteiger partial charge in [-0.25, -0.2) is 0 Å². The minimum atomic E-state index is -5.46.